The lowest BCUT2D eigenvalue weighted by Gasteiger charge is -2.37. The van der Waals surface area contributed by atoms with Gasteiger partial charge in [0.05, 0.1) is 16.5 Å². The highest BCUT2D eigenvalue weighted by Crippen LogP contribution is 2.40. The molecule has 0 saturated heterocycles. The standard InChI is InChI=1S/C13H14ClNO3S3/c14-11-3-4-12(20-11)21(17,18)15-13(8-6-9(16)7-8)10-2-1-5-19-10/h1-5,8-9,13,15-16H,6-7H2. The van der Waals surface area contributed by atoms with Crippen molar-refractivity contribution >= 4 is 44.3 Å². The first-order chi connectivity index (χ1) is 9.95. The molecule has 1 aliphatic carbocycles. The summed E-state index contributed by atoms with van der Waals surface area (Å²) < 4.78 is 28.4. The van der Waals surface area contributed by atoms with Crippen LogP contribution in [0.3, 0.4) is 0 Å². The summed E-state index contributed by atoms with van der Waals surface area (Å²) >= 11 is 8.38. The Balaban J connectivity index is 1.84. The van der Waals surface area contributed by atoms with Crippen LogP contribution in [0.25, 0.3) is 0 Å². The molecule has 3 rings (SSSR count). The zero-order chi connectivity index (χ0) is 15.0. The second-order valence-electron chi connectivity index (χ2n) is 5.06. The van der Waals surface area contributed by atoms with Crippen LogP contribution >= 0.6 is 34.3 Å². The minimum absolute atomic E-state index is 0.129. The van der Waals surface area contributed by atoms with Crippen LogP contribution in [0.2, 0.25) is 4.34 Å². The number of hydrogen-bond acceptors (Lipinski definition) is 5. The van der Waals surface area contributed by atoms with E-state index in [4.69, 9.17) is 11.6 Å². The van der Waals surface area contributed by atoms with E-state index in [1.807, 2.05) is 17.5 Å². The van der Waals surface area contributed by atoms with E-state index in [1.165, 1.54) is 17.4 Å². The van der Waals surface area contributed by atoms with Crippen molar-refractivity contribution in [2.75, 3.05) is 0 Å². The third-order valence-electron chi connectivity index (χ3n) is 3.57. The van der Waals surface area contributed by atoms with Gasteiger partial charge in [0, 0.05) is 4.88 Å². The van der Waals surface area contributed by atoms with Crippen molar-refractivity contribution in [2.24, 2.45) is 5.92 Å². The van der Waals surface area contributed by atoms with Crippen molar-refractivity contribution in [3.8, 4) is 0 Å². The Hall–Kier alpha value is -0.440. The highest BCUT2D eigenvalue weighted by Gasteiger charge is 2.37. The van der Waals surface area contributed by atoms with Gasteiger partial charge in [0.1, 0.15) is 4.21 Å². The van der Waals surface area contributed by atoms with E-state index >= 15 is 0 Å². The summed E-state index contributed by atoms with van der Waals surface area (Å²) in [4.78, 5) is 0.970. The van der Waals surface area contributed by atoms with E-state index in [9.17, 15) is 13.5 Å². The van der Waals surface area contributed by atoms with Gasteiger partial charge in [-0.2, -0.15) is 0 Å². The van der Waals surface area contributed by atoms with Gasteiger partial charge in [0.25, 0.3) is 10.0 Å². The fraction of sp³-hybridized carbons (Fsp3) is 0.385. The average molecular weight is 364 g/mol. The topological polar surface area (TPSA) is 66.4 Å². The van der Waals surface area contributed by atoms with Gasteiger partial charge in [-0.25, -0.2) is 13.1 Å². The van der Waals surface area contributed by atoms with Gasteiger partial charge in [-0.1, -0.05) is 17.7 Å². The number of thiophene rings is 2. The van der Waals surface area contributed by atoms with Crippen LogP contribution in [0, 0.1) is 5.92 Å². The van der Waals surface area contributed by atoms with Crippen molar-refractivity contribution in [1.82, 2.24) is 4.72 Å². The Morgan fingerprint density at radius 3 is 2.62 bits per heavy atom. The van der Waals surface area contributed by atoms with E-state index in [2.05, 4.69) is 4.72 Å². The Morgan fingerprint density at radius 1 is 1.33 bits per heavy atom. The highest BCUT2D eigenvalue weighted by atomic mass is 35.5. The molecule has 2 heterocycles. The number of hydrogen-bond donors (Lipinski definition) is 2. The van der Waals surface area contributed by atoms with Crippen LogP contribution in [-0.4, -0.2) is 19.6 Å². The molecule has 0 amide bonds. The summed E-state index contributed by atoms with van der Waals surface area (Å²) in [6.07, 6.45) is 0.921. The maximum Gasteiger partial charge on any atom is 0.250 e. The molecule has 1 unspecified atom stereocenters. The van der Waals surface area contributed by atoms with Gasteiger partial charge in [-0.15, -0.1) is 22.7 Å². The molecule has 4 nitrogen and oxygen atoms in total. The number of nitrogens with one attached hydrogen (secondary N) is 1. The third kappa shape index (κ3) is 3.33. The summed E-state index contributed by atoms with van der Waals surface area (Å²) in [5.41, 5.74) is 0. The molecule has 2 aromatic heterocycles. The normalized spacial score (nSPS) is 23.7. The second-order valence-corrected chi connectivity index (χ2v) is 9.69. The lowest BCUT2D eigenvalue weighted by Crippen LogP contribution is -2.40. The van der Waals surface area contributed by atoms with Crippen LogP contribution < -0.4 is 4.72 Å². The van der Waals surface area contributed by atoms with E-state index in [1.54, 1.807) is 6.07 Å². The molecular weight excluding hydrogens is 350 g/mol. The second kappa shape index (κ2) is 5.98. The van der Waals surface area contributed by atoms with Crippen LogP contribution in [0.5, 0.6) is 0 Å². The van der Waals surface area contributed by atoms with Gasteiger partial charge in [-0.05, 0) is 42.3 Å². The molecule has 2 aromatic rings. The molecule has 21 heavy (non-hydrogen) atoms. The molecule has 0 aliphatic heterocycles. The fourth-order valence-electron chi connectivity index (χ4n) is 2.42. The Morgan fingerprint density at radius 2 is 2.10 bits per heavy atom. The van der Waals surface area contributed by atoms with Crippen molar-refractivity contribution in [2.45, 2.75) is 29.2 Å². The molecule has 1 fully saturated rings. The minimum Gasteiger partial charge on any atom is -0.393 e. The molecule has 1 saturated carbocycles. The molecule has 1 atom stereocenters. The number of aliphatic hydroxyl groups is 1. The van der Waals surface area contributed by atoms with E-state index in [-0.39, 0.29) is 22.3 Å². The van der Waals surface area contributed by atoms with Crippen LogP contribution in [0.15, 0.2) is 33.9 Å². The number of aliphatic hydroxyl groups excluding tert-OH is 1. The van der Waals surface area contributed by atoms with E-state index in [0.29, 0.717) is 17.2 Å². The molecule has 0 spiro atoms. The van der Waals surface area contributed by atoms with Gasteiger partial charge >= 0.3 is 0 Å². The summed E-state index contributed by atoms with van der Waals surface area (Å²) in [5.74, 6) is 0.129. The quantitative estimate of drug-likeness (QED) is 0.856. The van der Waals surface area contributed by atoms with Gasteiger partial charge in [0.2, 0.25) is 0 Å². The first kappa shape index (κ1) is 15.5. The molecule has 8 heteroatoms. The monoisotopic (exact) mass is 363 g/mol. The maximum atomic E-state index is 12.5. The van der Waals surface area contributed by atoms with Crippen molar-refractivity contribution < 1.29 is 13.5 Å². The van der Waals surface area contributed by atoms with Gasteiger partial charge in [-0.3, -0.25) is 0 Å². The molecule has 1 aliphatic rings. The highest BCUT2D eigenvalue weighted by molar-refractivity contribution is 7.91. The molecule has 0 radical (unpaired) electrons. The number of sulfonamides is 1. The van der Waals surface area contributed by atoms with E-state index < -0.39 is 10.0 Å². The zero-order valence-electron chi connectivity index (χ0n) is 10.9. The third-order valence-corrected chi connectivity index (χ3v) is 7.69. The minimum atomic E-state index is -3.59. The predicted molar refractivity (Wildman–Crippen MR) is 85.4 cm³/mol. The number of halogens is 1. The summed E-state index contributed by atoms with van der Waals surface area (Å²) in [6.45, 7) is 0. The lowest BCUT2D eigenvalue weighted by atomic mass is 9.77. The summed E-state index contributed by atoms with van der Waals surface area (Å²) in [7, 11) is -3.59. The van der Waals surface area contributed by atoms with Gasteiger partial charge < -0.3 is 5.11 Å². The lowest BCUT2D eigenvalue weighted by molar-refractivity contribution is 0.0286. The molecule has 2 N–H and O–H groups in total. The summed E-state index contributed by atoms with van der Waals surface area (Å²) in [6, 6.07) is 6.62. The first-order valence-corrected chi connectivity index (χ1v) is 10.0. The van der Waals surface area contributed by atoms with Gasteiger partial charge in [0.15, 0.2) is 0 Å². The summed E-state index contributed by atoms with van der Waals surface area (Å²) in [5, 5.41) is 11.4. The average Bonchev–Trinajstić information content (AvgIpc) is 3.03. The smallest absolute Gasteiger partial charge is 0.250 e. The Bertz CT molecular complexity index is 705. The van der Waals surface area contributed by atoms with Crippen LogP contribution in [-0.2, 0) is 10.0 Å². The molecular formula is C13H14ClNO3S3. The molecule has 0 bridgehead atoms. The largest absolute Gasteiger partial charge is 0.393 e. The van der Waals surface area contributed by atoms with E-state index in [0.717, 1.165) is 16.2 Å². The van der Waals surface area contributed by atoms with Crippen LogP contribution in [0.4, 0.5) is 0 Å². The first-order valence-electron chi connectivity index (χ1n) is 6.45. The zero-order valence-corrected chi connectivity index (χ0v) is 14.1. The maximum absolute atomic E-state index is 12.5. The van der Waals surface area contributed by atoms with Crippen molar-refractivity contribution in [3.05, 3.63) is 38.9 Å². The predicted octanol–water partition coefficient (Wildman–Crippen LogP) is 3.25. The molecule has 114 valence electrons. The van der Waals surface area contributed by atoms with Crippen LogP contribution in [0.1, 0.15) is 23.8 Å². The molecule has 0 aromatic carbocycles. The van der Waals surface area contributed by atoms with Crippen molar-refractivity contribution in [3.63, 3.8) is 0 Å². The Labute approximate surface area is 136 Å². The van der Waals surface area contributed by atoms with Crippen molar-refractivity contribution in [1.29, 1.82) is 0 Å². The fourth-order valence-corrected chi connectivity index (χ4v) is 6.15. The number of rotatable bonds is 5. The Kier molecular flexibility index (Phi) is 4.40. The SMILES string of the molecule is O=S(=O)(NC(c1cccs1)C1CC(O)C1)c1ccc(Cl)s1.